The molecule has 0 aliphatic heterocycles. The molecule has 0 bridgehead atoms. The average Bonchev–Trinajstić information content (AvgIpc) is 3.39. The molecule has 10 heteroatoms. The maximum Gasteiger partial charge on any atom is 0.329 e. The molecule has 0 aromatic rings. The molecule has 5 unspecified atom stereocenters. The molecule has 0 radical (unpaired) electrons. The van der Waals surface area contributed by atoms with Crippen LogP contribution in [-0.4, -0.2) is 61.1 Å². The monoisotopic (exact) mass is 534 g/mol. The summed E-state index contributed by atoms with van der Waals surface area (Å²) >= 11 is 0. The third-order valence-corrected chi connectivity index (χ3v) is 8.24. The fourth-order valence-electron chi connectivity index (χ4n) is 6.95. The Labute approximate surface area is 224 Å². The van der Waals surface area contributed by atoms with E-state index in [0.29, 0.717) is 25.7 Å². The smallest absolute Gasteiger partial charge is 0.329 e. The molecule has 212 valence electrons. The Hall–Kier alpha value is -2.78. The Balaban J connectivity index is 1.70. The number of hydrogen-bond acceptors (Lipinski definition) is 8. The molecule has 0 spiro atoms. The topological polar surface area (TPSA) is 145 Å². The molecule has 3 aliphatic carbocycles. The van der Waals surface area contributed by atoms with Crippen LogP contribution in [-0.2, 0) is 38.2 Å². The molecule has 2 N–H and O–H groups in total. The molecule has 0 aromatic heterocycles. The lowest BCUT2D eigenvalue weighted by molar-refractivity contribution is -0.164. The summed E-state index contributed by atoms with van der Waals surface area (Å²) in [5.74, 6) is -4.89. The third kappa shape index (κ3) is 6.10. The van der Waals surface area contributed by atoms with Crippen molar-refractivity contribution >= 4 is 35.3 Å². The quantitative estimate of drug-likeness (QED) is 0.339. The van der Waals surface area contributed by atoms with E-state index in [1.54, 1.807) is 13.8 Å². The lowest BCUT2D eigenvalue weighted by atomic mass is 9.62. The van der Waals surface area contributed by atoms with Gasteiger partial charge in [0.05, 0.1) is 19.1 Å². The second-order valence-corrected chi connectivity index (χ2v) is 12.2. The number of ketones is 2. The van der Waals surface area contributed by atoms with Crippen molar-refractivity contribution in [1.82, 2.24) is 10.6 Å². The van der Waals surface area contributed by atoms with Crippen LogP contribution in [0.2, 0.25) is 0 Å². The van der Waals surface area contributed by atoms with Crippen LogP contribution >= 0.6 is 0 Å². The van der Waals surface area contributed by atoms with E-state index in [1.165, 1.54) is 0 Å². The van der Waals surface area contributed by atoms with Gasteiger partial charge in [-0.2, -0.15) is 0 Å². The van der Waals surface area contributed by atoms with E-state index in [9.17, 15) is 28.8 Å². The summed E-state index contributed by atoms with van der Waals surface area (Å²) in [6.07, 6.45) is 3.23. The van der Waals surface area contributed by atoms with Gasteiger partial charge in [0.1, 0.15) is 11.7 Å². The summed E-state index contributed by atoms with van der Waals surface area (Å²) in [6.45, 7) is 9.94. The van der Waals surface area contributed by atoms with Gasteiger partial charge in [-0.15, -0.1) is 0 Å². The first-order valence-electron chi connectivity index (χ1n) is 13.8. The van der Waals surface area contributed by atoms with Gasteiger partial charge in [0.15, 0.2) is 5.78 Å². The van der Waals surface area contributed by atoms with Gasteiger partial charge in [0.25, 0.3) is 0 Å². The minimum absolute atomic E-state index is 0.0814. The third-order valence-electron chi connectivity index (χ3n) is 8.24. The van der Waals surface area contributed by atoms with Crippen molar-refractivity contribution in [3.63, 3.8) is 0 Å². The molecule has 2 amide bonds. The van der Waals surface area contributed by atoms with Crippen molar-refractivity contribution in [2.75, 3.05) is 19.8 Å². The van der Waals surface area contributed by atoms with E-state index in [1.807, 2.05) is 6.92 Å². The van der Waals surface area contributed by atoms with E-state index in [0.717, 1.165) is 6.42 Å². The number of hydrogen-bond donors (Lipinski definition) is 2. The highest BCUT2D eigenvalue weighted by molar-refractivity contribution is 6.22. The Bertz CT molecular complexity index is 991. The van der Waals surface area contributed by atoms with Gasteiger partial charge in [-0.3, -0.25) is 28.8 Å². The van der Waals surface area contributed by atoms with Gasteiger partial charge >= 0.3 is 11.9 Å². The first-order valence-corrected chi connectivity index (χ1v) is 13.8. The number of rotatable bonds is 9. The van der Waals surface area contributed by atoms with Gasteiger partial charge in [-0.05, 0) is 63.2 Å². The summed E-state index contributed by atoms with van der Waals surface area (Å²) in [5, 5.41) is 5.95. The van der Waals surface area contributed by atoms with Crippen molar-refractivity contribution in [1.29, 1.82) is 0 Å². The molecule has 3 rings (SSSR count). The summed E-state index contributed by atoms with van der Waals surface area (Å²) in [7, 11) is 0. The van der Waals surface area contributed by atoms with Crippen LogP contribution in [0.1, 0.15) is 86.0 Å². The minimum atomic E-state index is -1.79. The average molecular weight is 535 g/mol. The standard InChI is InChI=1S/C28H42N2O8/c1-6-37-23(34)21-18(10-11-19(21)31)22(33)30-17-13-26(3,4)15-27(5,14-17)16-29-24(35)28(25(36)38-7-2)12-8-9-20(28)32/h17-18,21H,6-16H2,1-5H3,(H,29,35)(H,30,33). The molecule has 3 fully saturated rings. The largest absolute Gasteiger partial charge is 0.465 e. The first-order chi connectivity index (χ1) is 17.8. The fraction of sp³-hybridized carbons (Fsp3) is 0.786. The fourth-order valence-corrected chi connectivity index (χ4v) is 6.95. The van der Waals surface area contributed by atoms with Crippen molar-refractivity contribution in [3.8, 4) is 0 Å². The molecule has 5 atom stereocenters. The number of ether oxygens (including phenoxy) is 2. The van der Waals surface area contributed by atoms with Crippen molar-refractivity contribution in [2.24, 2.45) is 28.1 Å². The predicted molar refractivity (Wildman–Crippen MR) is 136 cm³/mol. The molecule has 0 heterocycles. The molecular weight excluding hydrogens is 492 g/mol. The van der Waals surface area contributed by atoms with Crippen molar-refractivity contribution in [2.45, 2.75) is 92.0 Å². The Morgan fingerprint density at radius 2 is 1.66 bits per heavy atom. The zero-order chi connectivity index (χ0) is 28.3. The normalized spacial score (nSPS) is 32.5. The number of carbonyl (C=O) groups excluding carboxylic acids is 6. The molecule has 0 aromatic carbocycles. The van der Waals surface area contributed by atoms with Crippen LogP contribution in [0.4, 0.5) is 0 Å². The lowest BCUT2D eigenvalue weighted by Crippen LogP contribution is -2.55. The lowest BCUT2D eigenvalue weighted by Gasteiger charge is -2.47. The van der Waals surface area contributed by atoms with Gasteiger partial charge in [0.2, 0.25) is 17.2 Å². The highest BCUT2D eigenvalue weighted by atomic mass is 16.5. The highest BCUT2D eigenvalue weighted by Crippen LogP contribution is 2.46. The SMILES string of the molecule is CCOC(=O)C1C(=O)CCC1C(=O)NC1CC(C)(C)CC(C)(CNC(=O)C2(C(=O)OCC)CCCC2=O)C1. The van der Waals surface area contributed by atoms with Crippen LogP contribution in [0.25, 0.3) is 0 Å². The molecule has 0 saturated heterocycles. The maximum atomic E-state index is 13.3. The van der Waals surface area contributed by atoms with Gasteiger partial charge < -0.3 is 20.1 Å². The molecule has 3 saturated carbocycles. The highest BCUT2D eigenvalue weighted by Gasteiger charge is 2.56. The van der Waals surface area contributed by atoms with Crippen LogP contribution in [0, 0.1) is 28.1 Å². The second kappa shape index (κ2) is 11.5. The number of Topliss-reactive ketones (excluding diaryl/α,β-unsaturated/α-hetero) is 2. The summed E-state index contributed by atoms with van der Waals surface area (Å²) in [5.41, 5.74) is -2.40. The van der Waals surface area contributed by atoms with Gasteiger partial charge in [0, 0.05) is 25.4 Å². The first kappa shape index (κ1) is 29.8. The Morgan fingerprint density at radius 3 is 2.26 bits per heavy atom. The van der Waals surface area contributed by atoms with Crippen LogP contribution in [0.3, 0.4) is 0 Å². The van der Waals surface area contributed by atoms with E-state index in [-0.39, 0.29) is 62.2 Å². The summed E-state index contributed by atoms with van der Waals surface area (Å²) < 4.78 is 10.1. The Kier molecular flexibility index (Phi) is 9.04. The molecule has 3 aliphatic rings. The summed E-state index contributed by atoms with van der Waals surface area (Å²) in [6, 6.07) is -0.237. The van der Waals surface area contributed by atoms with E-state index in [2.05, 4.69) is 24.5 Å². The van der Waals surface area contributed by atoms with E-state index < -0.39 is 46.3 Å². The number of nitrogens with one attached hydrogen (secondary N) is 2. The summed E-state index contributed by atoms with van der Waals surface area (Å²) in [4.78, 5) is 76.5. The van der Waals surface area contributed by atoms with Gasteiger partial charge in [-0.25, -0.2) is 0 Å². The molecule has 38 heavy (non-hydrogen) atoms. The van der Waals surface area contributed by atoms with Crippen molar-refractivity contribution in [3.05, 3.63) is 0 Å². The predicted octanol–water partition coefficient (Wildman–Crippen LogP) is 2.26. The van der Waals surface area contributed by atoms with E-state index in [4.69, 9.17) is 9.47 Å². The van der Waals surface area contributed by atoms with Crippen molar-refractivity contribution < 1.29 is 38.2 Å². The minimum Gasteiger partial charge on any atom is -0.465 e. The zero-order valence-electron chi connectivity index (χ0n) is 23.3. The Morgan fingerprint density at radius 1 is 0.974 bits per heavy atom. The molecule has 10 nitrogen and oxygen atoms in total. The molecular formula is C28H42N2O8. The van der Waals surface area contributed by atoms with E-state index >= 15 is 0 Å². The number of carbonyl (C=O) groups is 6. The van der Waals surface area contributed by atoms with Crippen LogP contribution < -0.4 is 10.6 Å². The number of esters is 2. The van der Waals surface area contributed by atoms with Gasteiger partial charge in [-0.1, -0.05) is 20.8 Å². The van der Waals surface area contributed by atoms with Crippen LogP contribution in [0.15, 0.2) is 0 Å². The van der Waals surface area contributed by atoms with Crippen LogP contribution in [0.5, 0.6) is 0 Å². The number of amides is 2. The maximum absolute atomic E-state index is 13.3. The second-order valence-electron chi connectivity index (χ2n) is 12.2. The zero-order valence-corrected chi connectivity index (χ0v) is 23.3.